The van der Waals surface area contributed by atoms with Gasteiger partial charge in [-0.05, 0) is 24.6 Å². The summed E-state index contributed by atoms with van der Waals surface area (Å²) in [7, 11) is 0. The Morgan fingerprint density at radius 2 is 1.88 bits per heavy atom. The van der Waals surface area contributed by atoms with Gasteiger partial charge in [-0.3, -0.25) is 4.79 Å². The van der Waals surface area contributed by atoms with Gasteiger partial charge in [0, 0.05) is 5.02 Å². The smallest absolute Gasteiger partial charge is 0.507 e. The van der Waals surface area contributed by atoms with Crippen LogP contribution in [0.25, 0.3) is 0 Å². The summed E-state index contributed by atoms with van der Waals surface area (Å²) in [6.45, 7) is 1.76. The van der Waals surface area contributed by atoms with E-state index in [9.17, 15) is 9.90 Å². The Kier molecular flexibility index (Phi) is 8.09. The van der Waals surface area contributed by atoms with Crippen molar-refractivity contribution in [1.29, 1.82) is 0 Å². The van der Waals surface area contributed by atoms with Crippen molar-refractivity contribution < 1.29 is 27.0 Å². The average molecular weight is 379 g/mol. The van der Waals surface area contributed by atoms with E-state index in [4.69, 9.17) is 11.6 Å². The van der Waals surface area contributed by atoms with Crippen LogP contribution in [0.3, 0.4) is 0 Å². The van der Waals surface area contributed by atoms with E-state index in [0.717, 1.165) is 11.1 Å². The summed E-state index contributed by atoms with van der Waals surface area (Å²) in [5.74, 6) is 4.66. The molecule has 24 heavy (non-hydrogen) atoms. The average Bonchev–Trinajstić information content (AvgIpc) is 3.24. The molecule has 0 radical (unpaired) electrons. The number of aryl methyl sites for hydroxylation is 1. The molecule has 3 rings (SSSR count). The molecule has 0 spiro atoms. The number of hydrogen-bond acceptors (Lipinski definition) is 2. The Bertz CT molecular complexity index is 805. The number of phenols is 1. The van der Waals surface area contributed by atoms with Gasteiger partial charge in [0.2, 0.25) is 5.78 Å². The zero-order chi connectivity index (χ0) is 16.7. The van der Waals surface area contributed by atoms with Crippen molar-refractivity contribution >= 4 is 17.4 Å². The van der Waals surface area contributed by atoms with Crippen molar-refractivity contribution in [2.45, 2.75) is 6.92 Å². The molecular formula is C20H15ClFeO2. The van der Waals surface area contributed by atoms with E-state index in [-0.39, 0.29) is 28.4 Å². The fourth-order valence-corrected chi connectivity index (χ4v) is 1.99. The van der Waals surface area contributed by atoms with Crippen molar-refractivity contribution in [3.05, 3.63) is 88.4 Å². The number of hydrogen-bond donors (Lipinski definition) is 1. The summed E-state index contributed by atoms with van der Waals surface area (Å²) >= 11 is 5.92. The Labute approximate surface area is 157 Å². The Morgan fingerprint density at radius 1 is 1.17 bits per heavy atom. The third-order valence-corrected chi connectivity index (χ3v) is 3.47. The first-order chi connectivity index (χ1) is 11.1. The van der Waals surface area contributed by atoms with Crippen LogP contribution in [0.1, 0.15) is 21.5 Å². The van der Waals surface area contributed by atoms with E-state index in [1.807, 2.05) is 54.6 Å². The van der Waals surface area contributed by atoms with Crippen molar-refractivity contribution in [2.75, 3.05) is 0 Å². The summed E-state index contributed by atoms with van der Waals surface area (Å²) in [5.41, 5.74) is 1.61. The number of carbonyl (C=O) groups excluding carboxylic acids is 1. The van der Waals surface area contributed by atoms with Gasteiger partial charge in [-0.2, -0.15) is 42.3 Å². The largest absolute Gasteiger partial charge is 2.00 e. The SMILES string of the molecule is Cc1cc(O)c(C(=O)C#Cc2ccc[cH-]2)cc1Cl.[Fe+2].c1cc[cH-]c1. The molecule has 0 amide bonds. The number of aromatic hydroxyl groups is 1. The second kappa shape index (κ2) is 9.80. The molecule has 3 aromatic carbocycles. The zero-order valence-corrected chi connectivity index (χ0v) is 14.8. The van der Waals surface area contributed by atoms with Gasteiger partial charge in [-0.1, -0.05) is 17.5 Å². The van der Waals surface area contributed by atoms with Gasteiger partial charge in [0.1, 0.15) is 5.75 Å². The van der Waals surface area contributed by atoms with Crippen molar-refractivity contribution in [2.24, 2.45) is 0 Å². The molecule has 0 saturated heterocycles. The Balaban J connectivity index is 0.000000412. The fraction of sp³-hybridized carbons (Fsp3) is 0.0500. The van der Waals surface area contributed by atoms with Crippen LogP contribution in [0.5, 0.6) is 5.75 Å². The van der Waals surface area contributed by atoms with Crippen LogP contribution in [0.15, 0.2) is 66.7 Å². The van der Waals surface area contributed by atoms with E-state index in [1.165, 1.54) is 12.1 Å². The van der Waals surface area contributed by atoms with Gasteiger partial charge in [-0.15, -0.1) is 11.6 Å². The van der Waals surface area contributed by atoms with Crippen LogP contribution >= 0.6 is 11.6 Å². The Hall–Kier alpha value is -2.24. The standard InChI is InChI=1S/C15H10ClO2.C5H5.Fe/c1-10-8-15(18)12(9-13(10)16)14(17)7-6-11-4-2-3-5-11;1-2-4-5-3-1;/h2-5,8-9,18H,1H3;1-5H;/q2*-1;+2. The van der Waals surface area contributed by atoms with Crippen molar-refractivity contribution in [3.8, 4) is 17.6 Å². The summed E-state index contributed by atoms with van der Waals surface area (Å²) in [6, 6.07) is 20.2. The van der Waals surface area contributed by atoms with E-state index < -0.39 is 5.78 Å². The molecule has 1 N–H and O–H groups in total. The predicted octanol–water partition coefficient (Wildman–Crippen LogP) is 4.71. The second-order valence-corrected chi connectivity index (χ2v) is 5.24. The first-order valence-electron chi connectivity index (χ1n) is 7.02. The Morgan fingerprint density at radius 3 is 2.42 bits per heavy atom. The van der Waals surface area contributed by atoms with E-state index in [2.05, 4.69) is 11.8 Å². The molecule has 0 aliphatic carbocycles. The molecule has 0 unspecified atom stereocenters. The number of phenolic OH excluding ortho intramolecular Hbond substituents is 1. The fourth-order valence-electron chi connectivity index (χ4n) is 1.82. The first-order valence-corrected chi connectivity index (χ1v) is 7.39. The maximum Gasteiger partial charge on any atom is 2.00 e. The molecule has 4 heteroatoms. The number of halogens is 1. The van der Waals surface area contributed by atoms with E-state index in [0.29, 0.717) is 5.02 Å². The molecule has 0 aromatic heterocycles. The number of Topliss-reactive ketones (excluding diaryl/α,β-unsaturated/α-hetero) is 1. The number of ketones is 1. The summed E-state index contributed by atoms with van der Waals surface area (Å²) in [4.78, 5) is 11.8. The minimum atomic E-state index is -0.449. The summed E-state index contributed by atoms with van der Waals surface area (Å²) in [6.07, 6.45) is 0. The van der Waals surface area contributed by atoms with Gasteiger partial charge in [0.15, 0.2) is 0 Å². The molecule has 0 saturated carbocycles. The minimum absolute atomic E-state index is 0. The molecule has 0 bridgehead atoms. The molecule has 122 valence electrons. The van der Waals surface area contributed by atoms with Gasteiger partial charge >= 0.3 is 17.1 Å². The van der Waals surface area contributed by atoms with Gasteiger partial charge < -0.3 is 5.11 Å². The minimum Gasteiger partial charge on any atom is -0.507 e. The van der Waals surface area contributed by atoms with Gasteiger partial charge in [0.05, 0.1) is 5.56 Å². The van der Waals surface area contributed by atoms with E-state index >= 15 is 0 Å². The quantitative estimate of drug-likeness (QED) is 0.288. The number of rotatable bonds is 1. The second-order valence-electron chi connectivity index (χ2n) is 4.83. The summed E-state index contributed by atoms with van der Waals surface area (Å²) < 4.78 is 0. The van der Waals surface area contributed by atoms with Crippen LogP contribution in [0.2, 0.25) is 5.02 Å². The molecule has 0 aliphatic rings. The predicted molar refractivity (Wildman–Crippen MR) is 93.1 cm³/mol. The number of carbonyl (C=O) groups is 1. The maximum atomic E-state index is 11.8. The van der Waals surface area contributed by atoms with E-state index in [1.54, 1.807) is 6.92 Å². The van der Waals surface area contributed by atoms with Crippen LogP contribution in [0, 0.1) is 18.8 Å². The first kappa shape index (κ1) is 19.8. The third kappa shape index (κ3) is 5.76. The van der Waals surface area contributed by atoms with Crippen LogP contribution in [0.4, 0.5) is 0 Å². The number of benzene rings is 1. The molecule has 2 nitrogen and oxygen atoms in total. The third-order valence-electron chi connectivity index (χ3n) is 3.06. The maximum absolute atomic E-state index is 11.8. The van der Waals surface area contributed by atoms with Gasteiger partial charge in [-0.25, -0.2) is 12.1 Å². The molecule has 0 atom stereocenters. The molecule has 0 aliphatic heterocycles. The van der Waals surface area contributed by atoms with Crippen molar-refractivity contribution in [1.82, 2.24) is 0 Å². The summed E-state index contributed by atoms with van der Waals surface area (Å²) in [5, 5.41) is 10.1. The zero-order valence-electron chi connectivity index (χ0n) is 12.9. The monoisotopic (exact) mass is 378 g/mol. The van der Waals surface area contributed by atoms with Crippen LogP contribution in [-0.2, 0) is 17.1 Å². The van der Waals surface area contributed by atoms with Crippen LogP contribution < -0.4 is 0 Å². The van der Waals surface area contributed by atoms with Crippen molar-refractivity contribution in [3.63, 3.8) is 0 Å². The molecule has 0 heterocycles. The molecule has 0 fully saturated rings. The molecule has 3 aromatic rings. The van der Waals surface area contributed by atoms with Gasteiger partial charge in [0.25, 0.3) is 0 Å². The normalized spacial score (nSPS) is 8.92. The molecular weight excluding hydrogens is 364 g/mol. The van der Waals surface area contributed by atoms with Crippen LogP contribution in [-0.4, -0.2) is 10.9 Å². The topological polar surface area (TPSA) is 37.3 Å².